The zero-order valence-electron chi connectivity index (χ0n) is 9.99. The first kappa shape index (κ1) is 13.9. The molecule has 98 valence electrons. The van der Waals surface area contributed by atoms with Crippen molar-refractivity contribution in [1.82, 2.24) is 5.32 Å². The maximum absolute atomic E-state index is 11.9. The van der Waals surface area contributed by atoms with Crippen LogP contribution in [-0.4, -0.2) is 25.7 Å². The van der Waals surface area contributed by atoms with Crippen LogP contribution in [-0.2, 0) is 4.74 Å². The molecule has 2 rings (SSSR count). The molecular formula is C13H16BrNO2S. The number of hydrogen-bond acceptors (Lipinski definition) is 3. The van der Waals surface area contributed by atoms with E-state index in [0.29, 0.717) is 18.7 Å². The third kappa shape index (κ3) is 4.30. The van der Waals surface area contributed by atoms with Crippen LogP contribution >= 0.6 is 28.6 Å². The predicted octanol–water partition coefficient (Wildman–Crippen LogP) is 2.89. The van der Waals surface area contributed by atoms with Crippen molar-refractivity contribution in [1.29, 1.82) is 0 Å². The Morgan fingerprint density at radius 2 is 2.28 bits per heavy atom. The van der Waals surface area contributed by atoms with E-state index in [9.17, 15) is 4.79 Å². The highest BCUT2D eigenvalue weighted by molar-refractivity contribution is 9.10. The molecule has 0 unspecified atom stereocenters. The molecular weight excluding hydrogens is 314 g/mol. The van der Waals surface area contributed by atoms with E-state index >= 15 is 0 Å². The summed E-state index contributed by atoms with van der Waals surface area (Å²) < 4.78 is 6.23. The molecule has 1 aromatic carbocycles. The molecule has 5 heteroatoms. The van der Waals surface area contributed by atoms with Gasteiger partial charge >= 0.3 is 0 Å². The first-order valence-electron chi connectivity index (χ1n) is 6.01. The lowest BCUT2D eigenvalue weighted by Crippen LogP contribution is -2.27. The summed E-state index contributed by atoms with van der Waals surface area (Å²) in [5, 5.41) is 2.83. The van der Waals surface area contributed by atoms with Crippen LogP contribution in [0, 0.1) is 5.92 Å². The van der Waals surface area contributed by atoms with E-state index in [1.807, 2.05) is 12.1 Å². The summed E-state index contributed by atoms with van der Waals surface area (Å²) in [4.78, 5) is 12.7. The Morgan fingerprint density at radius 1 is 1.50 bits per heavy atom. The first-order chi connectivity index (χ1) is 8.66. The fourth-order valence-corrected chi connectivity index (χ4v) is 2.18. The highest BCUT2D eigenvalue weighted by Crippen LogP contribution is 2.28. The molecule has 0 bridgehead atoms. The number of halogens is 1. The number of ether oxygens (including phenoxy) is 1. The van der Waals surface area contributed by atoms with Gasteiger partial charge in [0.2, 0.25) is 0 Å². The normalized spacial score (nSPS) is 14.6. The Bertz CT molecular complexity index is 435. The Labute approximate surface area is 121 Å². The van der Waals surface area contributed by atoms with Gasteiger partial charge in [0.05, 0.1) is 12.2 Å². The largest absolute Gasteiger partial charge is 0.379 e. The zero-order valence-corrected chi connectivity index (χ0v) is 12.5. The smallest absolute Gasteiger partial charge is 0.252 e. The molecule has 1 aromatic rings. The predicted molar refractivity (Wildman–Crippen MR) is 77.3 cm³/mol. The van der Waals surface area contributed by atoms with Gasteiger partial charge in [-0.25, -0.2) is 0 Å². The average Bonchev–Trinajstić information content (AvgIpc) is 3.15. The summed E-state index contributed by atoms with van der Waals surface area (Å²) in [6.45, 7) is 1.93. The summed E-state index contributed by atoms with van der Waals surface area (Å²) in [6.07, 6.45) is 2.57. The first-order valence-corrected chi connectivity index (χ1v) is 7.25. The van der Waals surface area contributed by atoms with Crippen LogP contribution in [0.4, 0.5) is 0 Å². The molecule has 1 amide bonds. The molecule has 1 aliphatic carbocycles. The van der Waals surface area contributed by atoms with Crippen molar-refractivity contribution in [3.05, 3.63) is 28.2 Å². The minimum Gasteiger partial charge on any atom is -0.379 e. The highest BCUT2D eigenvalue weighted by Gasteiger charge is 2.20. The molecule has 1 saturated carbocycles. The van der Waals surface area contributed by atoms with Gasteiger partial charge in [0.1, 0.15) is 0 Å². The van der Waals surface area contributed by atoms with Gasteiger partial charge < -0.3 is 10.1 Å². The van der Waals surface area contributed by atoms with E-state index < -0.39 is 0 Å². The van der Waals surface area contributed by atoms with Gasteiger partial charge in [-0.3, -0.25) is 4.79 Å². The van der Waals surface area contributed by atoms with Crippen molar-refractivity contribution in [2.24, 2.45) is 5.92 Å². The average molecular weight is 330 g/mol. The molecule has 0 spiro atoms. The highest BCUT2D eigenvalue weighted by atomic mass is 79.9. The monoisotopic (exact) mass is 329 g/mol. The molecule has 3 nitrogen and oxygen atoms in total. The third-order valence-electron chi connectivity index (χ3n) is 2.78. The second kappa shape index (κ2) is 6.59. The van der Waals surface area contributed by atoms with Crippen LogP contribution in [0.3, 0.4) is 0 Å². The van der Waals surface area contributed by atoms with E-state index in [2.05, 4.69) is 33.9 Å². The molecule has 0 radical (unpaired) electrons. The molecule has 1 fully saturated rings. The van der Waals surface area contributed by atoms with Crippen molar-refractivity contribution in [2.45, 2.75) is 17.7 Å². The van der Waals surface area contributed by atoms with Crippen LogP contribution in [0.1, 0.15) is 23.2 Å². The molecule has 0 heterocycles. The fourth-order valence-electron chi connectivity index (χ4n) is 1.55. The molecule has 1 N–H and O–H groups in total. The molecule has 18 heavy (non-hydrogen) atoms. The van der Waals surface area contributed by atoms with Crippen molar-refractivity contribution in [3.63, 3.8) is 0 Å². The lowest BCUT2D eigenvalue weighted by Gasteiger charge is -2.08. The molecule has 1 aliphatic rings. The second-order valence-electron chi connectivity index (χ2n) is 4.44. The van der Waals surface area contributed by atoms with E-state index in [1.54, 1.807) is 6.07 Å². The Balaban J connectivity index is 1.74. The number of rotatable bonds is 6. The Morgan fingerprint density at radius 3 is 3.00 bits per heavy atom. The topological polar surface area (TPSA) is 38.3 Å². The summed E-state index contributed by atoms with van der Waals surface area (Å²) in [5.41, 5.74) is 0.602. The van der Waals surface area contributed by atoms with E-state index in [0.717, 1.165) is 21.9 Å². The third-order valence-corrected chi connectivity index (χ3v) is 3.75. The van der Waals surface area contributed by atoms with Crippen molar-refractivity contribution in [2.75, 3.05) is 19.8 Å². The number of thiol groups is 1. The molecule has 0 aliphatic heterocycles. The van der Waals surface area contributed by atoms with E-state index in [1.165, 1.54) is 12.8 Å². The molecule has 0 atom stereocenters. The Kier molecular flexibility index (Phi) is 5.09. The van der Waals surface area contributed by atoms with Crippen molar-refractivity contribution < 1.29 is 9.53 Å². The quantitative estimate of drug-likeness (QED) is 0.622. The van der Waals surface area contributed by atoms with Crippen LogP contribution in [0.5, 0.6) is 0 Å². The summed E-state index contributed by atoms with van der Waals surface area (Å²) in [7, 11) is 0. The maximum atomic E-state index is 11.9. The number of amides is 1. The zero-order chi connectivity index (χ0) is 13.0. The van der Waals surface area contributed by atoms with Crippen molar-refractivity contribution >= 4 is 34.5 Å². The lowest BCUT2D eigenvalue weighted by atomic mass is 10.2. The number of nitrogens with one attached hydrogen (secondary N) is 1. The molecule has 0 saturated heterocycles. The summed E-state index contributed by atoms with van der Waals surface area (Å²) >= 11 is 7.58. The van der Waals surface area contributed by atoms with Crippen LogP contribution in [0.25, 0.3) is 0 Å². The fraction of sp³-hybridized carbons (Fsp3) is 0.462. The SMILES string of the molecule is O=C(NCCOCC1CC1)c1cc(S)ccc1Br. The van der Waals surface area contributed by atoms with Gasteiger partial charge in [0, 0.05) is 22.5 Å². The van der Waals surface area contributed by atoms with E-state index in [4.69, 9.17) is 4.74 Å². The van der Waals surface area contributed by atoms with Gasteiger partial charge in [0.25, 0.3) is 5.91 Å². The minimum atomic E-state index is -0.104. The van der Waals surface area contributed by atoms with Crippen LogP contribution in [0.15, 0.2) is 27.6 Å². The Hall–Kier alpha value is -0.520. The number of benzene rings is 1. The van der Waals surface area contributed by atoms with Crippen molar-refractivity contribution in [3.8, 4) is 0 Å². The van der Waals surface area contributed by atoms with Crippen LogP contribution in [0.2, 0.25) is 0 Å². The standard InChI is InChI=1S/C13H16BrNO2S/c14-12-4-3-10(18)7-11(12)13(16)15-5-6-17-8-9-1-2-9/h3-4,7,9,18H,1-2,5-6,8H2,(H,15,16). The van der Waals surface area contributed by atoms with Gasteiger partial charge in [-0.2, -0.15) is 0 Å². The number of carbonyl (C=O) groups excluding carboxylic acids is 1. The number of carbonyl (C=O) groups is 1. The van der Waals surface area contributed by atoms with Gasteiger partial charge in [-0.1, -0.05) is 0 Å². The second-order valence-corrected chi connectivity index (χ2v) is 5.81. The van der Waals surface area contributed by atoms with Gasteiger partial charge in [-0.15, -0.1) is 12.6 Å². The summed E-state index contributed by atoms with van der Waals surface area (Å²) in [6, 6.07) is 5.40. The van der Waals surface area contributed by atoms with E-state index in [-0.39, 0.29) is 5.91 Å². The minimum absolute atomic E-state index is 0.104. The van der Waals surface area contributed by atoms with Gasteiger partial charge in [-0.05, 0) is 52.9 Å². The lowest BCUT2D eigenvalue weighted by molar-refractivity contribution is 0.0905. The summed E-state index contributed by atoms with van der Waals surface area (Å²) in [5.74, 6) is 0.656. The number of hydrogen-bond donors (Lipinski definition) is 2. The molecule has 0 aromatic heterocycles. The van der Waals surface area contributed by atoms with Crippen LogP contribution < -0.4 is 5.32 Å². The maximum Gasteiger partial charge on any atom is 0.252 e. The van der Waals surface area contributed by atoms with Gasteiger partial charge in [0.15, 0.2) is 0 Å².